The van der Waals surface area contributed by atoms with Crippen molar-refractivity contribution in [3.8, 4) is 0 Å². The van der Waals surface area contributed by atoms with Gasteiger partial charge in [-0.3, -0.25) is 14.8 Å². The minimum atomic E-state index is 0.180. The topological polar surface area (TPSA) is 69.6 Å². The van der Waals surface area contributed by atoms with Gasteiger partial charge in [-0.2, -0.15) is 0 Å². The summed E-state index contributed by atoms with van der Waals surface area (Å²) in [4.78, 5) is 25.3. The maximum Gasteiger partial charge on any atom is 0.222 e. The van der Waals surface area contributed by atoms with E-state index in [0.717, 1.165) is 56.8 Å². The Morgan fingerprint density at radius 2 is 2.13 bits per heavy atom. The average molecular weight is 318 g/mol. The van der Waals surface area contributed by atoms with Crippen molar-refractivity contribution in [3.63, 3.8) is 0 Å². The highest BCUT2D eigenvalue weighted by Gasteiger charge is 2.41. The first kappa shape index (κ1) is 16.3. The summed E-state index contributed by atoms with van der Waals surface area (Å²) < 4.78 is 0. The van der Waals surface area contributed by atoms with Crippen LogP contribution in [-0.2, 0) is 11.3 Å². The van der Waals surface area contributed by atoms with Crippen molar-refractivity contribution in [2.45, 2.75) is 39.2 Å². The molecule has 1 N–H and O–H groups in total. The molecule has 1 unspecified atom stereocenters. The summed E-state index contributed by atoms with van der Waals surface area (Å²) in [5.41, 5.74) is 1.92. The number of β-amino-alcohol motifs (C(OH)–C–C–N with tert-alkyl or cyclic N) is 1. The van der Waals surface area contributed by atoms with Crippen molar-refractivity contribution in [1.82, 2.24) is 19.8 Å². The van der Waals surface area contributed by atoms with E-state index in [1.54, 1.807) is 12.4 Å². The standard InChI is InChI=1S/C17H26N4O2/c1-14-9-19-15(10-18-14)11-21-13-17(5-3-16(21)23)4-2-6-20(12-17)7-8-22/h9-10,22H,2-8,11-13H2,1H3. The van der Waals surface area contributed by atoms with Crippen molar-refractivity contribution in [2.24, 2.45) is 5.41 Å². The van der Waals surface area contributed by atoms with Crippen LogP contribution in [0.2, 0.25) is 0 Å². The number of aliphatic hydroxyl groups is 1. The quantitative estimate of drug-likeness (QED) is 0.896. The first-order valence-corrected chi connectivity index (χ1v) is 8.49. The molecule has 2 aliphatic rings. The molecule has 1 spiro atoms. The highest BCUT2D eigenvalue weighted by atomic mass is 16.3. The molecule has 1 aromatic heterocycles. The van der Waals surface area contributed by atoms with Crippen molar-refractivity contribution >= 4 is 5.91 Å². The zero-order valence-electron chi connectivity index (χ0n) is 13.9. The van der Waals surface area contributed by atoms with Crippen LogP contribution in [0.1, 0.15) is 37.1 Å². The fourth-order valence-electron chi connectivity index (χ4n) is 3.92. The van der Waals surface area contributed by atoms with Gasteiger partial charge in [0.2, 0.25) is 5.91 Å². The number of amides is 1. The lowest BCUT2D eigenvalue weighted by atomic mass is 9.73. The zero-order valence-corrected chi connectivity index (χ0v) is 13.9. The Hall–Kier alpha value is -1.53. The normalized spacial score (nSPS) is 26.0. The van der Waals surface area contributed by atoms with E-state index < -0.39 is 0 Å². The number of aliphatic hydroxyl groups excluding tert-OH is 1. The van der Waals surface area contributed by atoms with E-state index in [0.29, 0.717) is 13.0 Å². The van der Waals surface area contributed by atoms with Gasteiger partial charge in [-0.15, -0.1) is 0 Å². The lowest BCUT2D eigenvalue weighted by Crippen LogP contribution is -2.54. The molecule has 2 aliphatic heterocycles. The summed E-state index contributed by atoms with van der Waals surface area (Å²) in [5, 5.41) is 9.20. The Balaban J connectivity index is 1.68. The van der Waals surface area contributed by atoms with E-state index >= 15 is 0 Å². The van der Waals surface area contributed by atoms with Crippen LogP contribution in [0.3, 0.4) is 0 Å². The molecular weight excluding hydrogens is 292 g/mol. The molecule has 6 nitrogen and oxygen atoms in total. The molecule has 1 amide bonds. The number of hydrogen-bond acceptors (Lipinski definition) is 5. The highest BCUT2D eigenvalue weighted by molar-refractivity contribution is 5.77. The minimum absolute atomic E-state index is 0.180. The van der Waals surface area contributed by atoms with Gasteiger partial charge in [0.1, 0.15) is 0 Å². The van der Waals surface area contributed by atoms with Gasteiger partial charge < -0.3 is 14.9 Å². The summed E-state index contributed by atoms with van der Waals surface area (Å²) in [6.45, 7) is 6.24. The van der Waals surface area contributed by atoms with Crippen LogP contribution in [0.4, 0.5) is 0 Å². The Kier molecular flexibility index (Phi) is 4.92. The number of likely N-dealkylation sites (tertiary alicyclic amines) is 2. The van der Waals surface area contributed by atoms with Gasteiger partial charge in [0.25, 0.3) is 0 Å². The molecular formula is C17H26N4O2. The first-order valence-electron chi connectivity index (χ1n) is 8.49. The van der Waals surface area contributed by atoms with E-state index in [4.69, 9.17) is 0 Å². The minimum Gasteiger partial charge on any atom is -0.395 e. The number of aromatic nitrogens is 2. The maximum atomic E-state index is 12.3. The summed E-state index contributed by atoms with van der Waals surface area (Å²) >= 11 is 0. The number of carbonyl (C=O) groups excluding carboxylic acids is 1. The van der Waals surface area contributed by atoms with Crippen LogP contribution in [0.15, 0.2) is 12.4 Å². The Labute approximate surface area is 137 Å². The van der Waals surface area contributed by atoms with Crippen molar-refractivity contribution in [2.75, 3.05) is 32.8 Å². The lowest BCUT2D eigenvalue weighted by Gasteiger charge is -2.48. The highest BCUT2D eigenvalue weighted by Crippen LogP contribution is 2.39. The third-order valence-corrected chi connectivity index (χ3v) is 5.09. The molecule has 3 rings (SSSR count). The smallest absolute Gasteiger partial charge is 0.222 e. The van der Waals surface area contributed by atoms with Gasteiger partial charge in [-0.25, -0.2) is 0 Å². The predicted octanol–water partition coefficient (Wildman–Crippen LogP) is 0.982. The van der Waals surface area contributed by atoms with Crippen LogP contribution < -0.4 is 0 Å². The van der Waals surface area contributed by atoms with Gasteiger partial charge in [0.05, 0.1) is 30.7 Å². The molecule has 0 aliphatic carbocycles. The summed E-state index contributed by atoms with van der Waals surface area (Å²) in [6, 6.07) is 0. The van der Waals surface area contributed by atoms with E-state index in [-0.39, 0.29) is 17.9 Å². The molecule has 2 fully saturated rings. The molecule has 0 aromatic carbocycles. The summed E-state index contributed by atoms with van der Waals surface area (Å²) in [7, 11) is 0. The SMILES string of the molecule is Cc1cnc(CN2CC3(CCCN(CCO)C3)CCC2=O)cn1. The summed E-state index contributed by atoms with van der Waals surface area (Å²) in [5.74, 6) is 0.220. The predicted molar refractivity (Wildman–Crippen MR) is 86.6 cm³/mol. The van der Waals surface area contributed by atoms with Crippen molar-refractivity contribution < 1.29 is 9.90 Å². The van der Waals surface area contributed by atoms with Crippen LogP contribution in [0.5, 0.6) is 0 Å². The van der Waals surface area contributed by atoms with Crippen molar-refractivity contribution in [1.29, 1.82) is 0 Å². The van der Waals surface area contributed by atoms with Crippen molar-refractivity contribution in [3.05, 3.63) is 23.8 Å². The van der Waals surface area contributed by atoms with E-state index in [1.165, 1.54) is 0 Å². The molecule has 3 heterocycles. The zero-order chi connectivity index (χ0) is 16.3. The van der Waals surface area contributed by atoms with Crippen LogP contribution in [-0.4, -0.2) is 63.6 Å². The third-order valence-electron chi connectivity index (χ3n) is 5.09. The fraction of sp³-hybridized carbons (Fsp3) is 0.706. The monoisotopic (exact) mass is 318 g/mol. The first-order chi connectivity index (χ1) is 11.1. The van der Waals surface area contributed by atoms with Gasteiger partial charge in [-0.05, 0) is 32.7 Å². The molecule has 1 aromatic rings. The fourth-order valence-corrected chi connectivity index (χ4v) is 3.92. The number of aryl methyl sites for hydroxylation is 1. The number of rotatable bonds is 4. The molecule has 1 atom stereocenters. The number of carbonyl (C=O) groups is 1. The molecule has 2 saturated heterocycles. The second-order valence-electron chi connectivity index (χ2n) is 7.00. The number of piperidine rings is 2. The second-order valence-corrected chi connectivity index (χ2v) is 7.00. The molecule has 23 heavy (non-hydrogen) atoms. The maximum absolute atomic E-state index is 12.3. The molecule has 0 saturated carbocycles. The van der Waals surface area contributed by atoms with Gasteiger partial charge in [-0.1, -0.05) is 0 Å². The number of hydrogen-bond donors (Lipinski definition) is 1. The second kappa shape index (κ2) is 6.93. The van der Waals surface area contributed by atoms with Crippen LogP contribution >= 0.6 is 0 Å². The van der Waals surface area contributed by atoms with E-state index in [2.05, 4.69) is 14.9 Å². The van der Waals surface area contributed by atoms with Gasteiger partial charge in [0.15, 0.2) is 0 Å². The largest absolute Gasteiger partial charge is 0.395 e. The Bertz CT molecular complexity index is 546. The van der Waals surface area contributed by atoms with E-state index in [9.17, 15) is 9.90 Å². The average Bonchev–Trinajstić information content (AvgIpc) is 2.54. The van der Waals surface area contributed by atoms with Crippen LogP contribution in [0, 0.1) is 12.3 Å². The van der Waals surface area contributed by atoms with E-state index in [1.807, 2.05) is 11.8 Å². The lowest BCUT2D eigenvalue weighted by molar-refractivity contribution is -0.140. The Morgan fingerprint density at radius 3 is 2.87 bits per heavy atom. The number of nitrogens with zero attached hydrogens (tertiary/aromatic N) is 4. The Morgan fingerprint density at radius 1 is 1.26 bits per heavy atom. The molecule has 126 valence electrons. The molecule has 0 radical (unpaired) electrons. The van der Waals surface area contributed by atoms with Crippen LogP contribution in [0.25, 0.3) is 0 Å². The molecule has 6 heteroatoms. The molecule has 0 bridgehead atoms. The third kappa shape index (κ3) is 3.87. The van der Waals surface area contributed by atoms with Gasteiger partial charge in [0, 0.05) is 37.7 Å². The summed E-state index contributed by atoms with van der Waals surface area (Å²) in [6.07, 6.45) is 7.41. The van der Waals surface area contributed by atoms with Gasteiger partial charge >= 0.3 is 0 Å².